The number of carbonyl (C=O) groups excluding carboxylic acids is 3. The third-order valence-corrected chi connectivity index (χ3v) is 3.82. The summed E-state index contributed by atoms with van der Waals surface area (Å²) in [6.07, 6.45) is 1.56. The smallest absolute Gasteiger partial charge is 0.261 e. The van der Waals surface area contributed by atoms with E-state index < -0.39 is 5.91 Å². The zero-order valence-electron chi connectivity index (χ0n) is 13.5. The lowest BCUT2D eigenvalue weighted by Gasteiger charge is -2.11. The van der Waals surface area contributed by atoms with Crippen molar-refractivity contribution in [3.8, 4) is 0 Å². The summed E-state index contributed by atoms with van der Waals surface area (Å²) >= 11 is 0. The Kier molecular flexibility index (Phi) is 3.76. The second-order valence-corrected chi connectivity index (χ2v) is 5.68. The number of carbonyl (C=O) groups is 3. The van der Waals surface area contributed by atoms with Gasteiger partial charge in [0.2, 0.25) is 0 Å². The molecule has 0 radical (unpaired) electrons. The fourth-order valence-electron chi connectivity index (χ4n) is 2.43. The molecule has 0 unspecified atom stereocenters. The van der Waals surface area contributed by atoms with Crippen LogP contribution in [0.15, 0.2) is 36.5 Å². The van der Waals surface area contributed by atoms with Crippen LogP contribution in [0.4, 0.5) is 11.5 Å². The van der Waals surface area contributed by atoms with Gasteiger partial charge in [-0.3, -0.25) is 19.3 Å². The van der Waals surface area contributed by atoms with Crippen molar-refractivity contribution in [1.82, 2.24) is 9.88 Å². The van der Waals surface area contributed by atoms with Gasteiger partial charge in [-0.1, -0.05) is 0 Å². The molecule has 122 valence electrons. The van der Waals surface area contributed by atoms with Gasteiger partial charge in [0.15, 0.2) is 0 Å². The molecule has 0 fully saturated rings. The van der Waals surface area contributed by atoms with Crippen LogP contribution in [0, 0.1) is 0 Å². The molecule has 0 spiro atoms. The molecule has 1 aliphatic rings. The van der Waals surface area contributed by atoms with Gasteiger partial charge in [0.05, 0.1) is 23.0 Å². The zero-order chi connectivity index (χ0) is 17.4. The highest BCUT2D eigenvalue weighted by Crippen LogP contribution is 2.23. The lowest BCUT2D eigenvalue weighted by atomic mass is 10.1. The summed E-state index contributed by atoms with van der Waals surface area (Å²) in [5.74, 6) is -0.350. The van der Waals surface area contributed by atoms with Crippen LogP contribution in [0.1, 0.15) is 31.1 Å². The third kappa shape index (κ3) is 2.60. The number of nitrogens with zero attached hydrogens (tertiary/aromatic N) is 3. The number of fused-ring (bicyclic) bond motifs is 1. The van der Waals surface area contributed by atoms with E-state index in [9.17, 15) is 14.4 Å². The summed E-state index contributed by atoms with van der Waals surface area (Å²) in [5.41, 5.74) is 1.42. The van der Waals surface area contributed by atoms with Crippen LogP contribution in [0.25, 0.3) is 0 Å². The summed E-state index contributed by atoms with van der Waals surface area (Å²) in [6, 6.07) is 8.00. The maximum Gasteiger partial charge on any atom is 0.261 e. The van der Waals surface area contributed by atoms with E-state index >= 15 is 0 Å². The predicted molar refractivity (Wildman–Crippen MR) is 89.4 cm³/mol. The first-order valence-electron chi connectivity index (χ1n) is 7.29. The topological polar surface area (TPSA) is 82.6 Å². The molecular weight excluding hydrogens is 308 g/mol. The number of anilines is 2. The molecule has 7 heteroatoms. The van der Waals surface area contributed by atoms with Gasteiger partial charge in [-0.05, 0) is 30.3 Å². The van der Waals surface area contributed by atoms with Gasteiger partial charge in [-0.2, -0.15) is 0 Å². The fourth-order valence-corrected chi connectivity index (χ4v) is 2.43. The minimum absolute atomic E-state index is 0.247. The minimum atomic E-state index is -0.401. The van der Waals surface area contributed by atoms with Crippen molar-refractivity contribution in [2.75, 3.05) is 31.4 Å². The summed E-state index contributed by atoms with van der Waals surface area (Å²) in [7, 11) is 5.17. The standard InChI is InChI=1S/C17H16N4O3/c1-20(2)14-7-5-11(9-18-14)19-15(22)10-4-6-12-13(8-10)17(24)21(3)16(12)23/h4-9H,1-3H3,(H,19,22). The van der Waals surface area contributed by atoms with Crippen molar-refractivity contribution in [2.24, 2.45) is 0 Å². The van der Waals surface area contributed by atoms with Crippen molar-refractivity contribution < 1.29 is 14.4 Å². The molecular formula is C17H16N4O3. The van der Waals surface area contributed by atoms with Gasteiger partial charge in [0, 0.05) is 26.7 Å². The maximum atomic E-state index is 12.3. The molecule has 0 atom stereocenters. The van der Waals surface area contributed by atoms with E-state index in [-0.39, 0.29) is 17.4 Å². The molecule has 0 bridgehead atoms. The molecule has 7 nitrogen and oxygen atoms in total. The monoisotopic (exact) mass is 324 g/mol. The van der Waals surface area contributed by atoms with Gasteiger partial charge in [0.25, 0.3) is 17.7 Å². The molecule has 0 aliphatic carbocycles. The Balaban J connectivity index is 1.82. The minimum Gasteiger partial charge on any atom is -0.363 e. The number of hydrogen-bond acceptors (Lipinski definition) is 5. The van der Waals surface area contributed by atoms with E-state index in [1.807, 2.05) is 19.0 Å². The molecule has 24 heavy (non-hydrogen) atoms. The molecule has 0 saturated carbocycles. The van der Waals surface area contributed by atoms with E-state index in [4.69, 9.17) is 0 Å². The number of nitrogens with one attached hydrogen (secondary N) is 1. The molecule has 3 rings (SSSR count). The van der Waals surface area contributed by atoms with E-state index in [0.29, 0.717) is 16.8 Å². The zero-order valence-corrected chi connectivity index (χ0v) is 13.5. The fraction of sp³-hybridized carbons (Fsp3) is 0.176. The normalized spacial score (nSPS) is 13.0. The summed E-state index contributed by atoms with van der Waals surface area (Å²) in [4.78, 5) is 43.3. The first kappa shape index (κ1) is 15.7. The maximum absolute atomic E-state index is 12.3. The lowest BCUT2D eigenvalue weighted by molar-refractivity contribution is 0.0693. The largest absolute Gasteiger partial charge is 0.363 e. The highest BCUT2D eigenvalue weighted by Gasteiger charge is 2.33. The van der Waals surface area contributed by atoms with Crippen LogP contribution in [-0.4, -0.2) is 48.7 Å². The number of rotatable bonds is 3. The molecule has 1 aromatic carbocycles. The number of benzene rings is 1. The van der Waals surface area contributed by atoms with Crippen molar-refractivity contribution in [2.45, 2.75) is 0 Å². The highest BCUT2D eigenvalue weighted by atomic mass is 16.2. The van der Waals surface area contributed by atoms with Gasteiger partial charge in [-0.25, -0.2) is 4.98 Å². The van der Waals surface area contributed by atoms with Gasteiger partial charge < -0.3 is 10.2 Å². The summed E-state index contributed by atoms with van der Waals surface area (Å²) in [6.45, 7) is 0. The van der Waals surface area contributed by atoms with Crippen LogP contribution >= 0.6 is 0 Å². The molecule has 2 heterocycles. The second kappa shape index (κ2) is 5.77. The molecule has 1 aromatic heterocycles. The van der Waals surface area contributed by atoms with Crippen LogP contribution < -0.4 is 10.2 Å². The highest BCUT2D eigenvalue weighted by molar-refractivity contribution is 6.22. The number of amides is 3. The van der Waals surface area contributed by atoms with Crippen molar-refractivity contribution >= 4 is 29.2 Å². The van der Waals surface area contributed by atoms with Gasteiger partial charge in [-0.15, -0.1) is 0 Å². The number of pyridine rings is 1. The van der Waals surface area contributed by atoms with Crippen molar-refractivity contribution in [1.29, 1.82) is 0 Å². The Morgan fingerprint density at radius 3 is 2.42 bits per heavy atom. The average Bonchev–Trinajstić information content (AvgIpc) is 2.79. The number of aromatic nitrogens is 1. The first-order valence-corrected chi connectivity index (χ1v) is 7.29. The summed E-state index contributed by atoms with van der Waals surface area (Å²) < 4.78 is 0. The van der Waals surface area contributed by atoms with Crippen LogP contribution in [0.5, 0.6) is 0 Å². The molecule has 1 N–H and O–H groups in total. The van der Waals surface area contributed by atoms with E-state index in [1.54, 1.807) is 18.3 Å². The van der Waals surface area contributed by atoms with Crippen LogP contribution in [0.3, 0.4) is 0 Å². The summed E-state index contributed by atoms with van der Waals surface area (Å²) in [5, 5.41) is 2.72. The Hall–Kier alpha value is -3.22. The number of hydrogen-bond donors (Lipinski definition) is 1. The second-order valence-electron chi connectivity index (χ2n) is 5.68. The Labute approximate surface area is 138 Å². The van der Waals surface area contributed by atoms with Crippen molar-refractivity contribution in [3.63, 3.8) is 0 Å². The molecule has 1 aliphatic heterocycles. The SMILES string of the molecule is CN1C(=O)c2ccc(C(=O)Nc3ccc(N(C)C)nc3)cc2C1=O. The first-order chi connectivity index (χ1) is 11.4. The Morgan fingerprint density at radius 1 is 1.08 bits per heavy atom. The van der Waals surface area contributed by atoms with E-state index in [0.717, 1.165) is 10.7 Å². The van der Waals surface area contributed by atoms with Crippen LogP contribution in [0.2, 0.25) is 0 Å². The molecule has 2 aromatic rings. The van der Waals surface area contributed by atoms with Crippen molar-refractivity contribution in [3.05, 3.63) is 53.2 Å². The Bertz CT molecular complexity index is 843. The van der Waals surface area contributed by atoms with E-state index in [1.165, 1.54) is 25.2 Å². The molecule has 0 saturated heterocycles. The Morgan fingerprint density at radius 2 is 1.79 bits per heavy atom. The van der Waals surface area contributed by atoms with E-state index in [2.05, 4.69) is 10.3 Å². The predicted octanol–water partition coefficient (Wildman–Crippen LogP) is 1.63. The van der Waals surface area contributed by atoms with Crippen LogP contribution in [-0.2, 0) is 0 Å². The third-order valence-electron chi connectivity index (χ3n) is 3.82. The van der Waals surface area contributed by atoms with Gasteiger partial charge >= 0.3 is 0 Å². The van der Waals surface area contributed by atoms with Gasteiger partial charge in [0.1, 0.15) is 5.82 Å². The lowest BCUT2D eigenvalue weighted by Crippen LogP contribution is -2.24. The number of imide groups is 1. The molecule has 3 amide bonds. The quantitative estimate of drug-likeness (QED) is 0.868. The average molecular weight is 324 g/mol.